The van der Waals surface area contributed by atoms with E-state index >= 15 is 0 Å². The molecule has 0 aromatic heterocycles. The van der Waals surface area contributed by atoms with Crippen molar-refractivity contribution in [3.8, 4) is 6.07 Å². The van der Waals surface area contributed by atoms with Crippen LogP contribution >= 0.6 is 0 Å². The lowest BCUT2D eigenvalue weighted by Crippen LogP contribution is -2.60. The summed E-state index contributed by atoms with van der Waals surface area (Å²) in [5, 5.41) is 12.2. The van der Waals surface area contributed by atoms with Crippen molar-refractivity contribution in [3.63, 3.8) is 0 Å². The molecular formula is C20H30N4O3S. The maximum absolute atomic E-state index is 12.5. The zero-order chi connectivity index (χ0) is 20.0. The zero-order valence-electron chi connectivity index (χ0n) is 16.5. The quantitative estimate of drug-likeness (QED) is 0.630. The van der Waals surface area contributed by atoms with E-state index in [1.807, 2.05) is 31.2 Å². The normalized spacial score (nSPS) is 23.3. The van der Waals surface area contributed by atoms with Crippen molar-refractivity contribution in [2.75, 3.05) is 50.3 Å². The number of morpholine rings is 2. The fourth-order valence-electron chi connectivity index (χ4n) is 3.80. The number of nitrogens with one attached hydrogen (secondary N) is 1. The van der Waals surface area contributed by atoms with Gasteiger partial charge in [0.25, 0.3) is 0 Å². The lowest BCUT2D eigenvalue weighted by molar-refractivity contribution is -0.122. The lowest BCUT2D eigenvalue weighted by Gasteiger charge is -2.45. The molecule has 0 aliphatic carbocycles. The molecule has 7 nitrogen and oxygen atoms in total. The molecule has 2 unspecified atom stereocenters. The van der Waals surface area contributed by atoms with E-state index in [4.69, 9.17) is 10.00 Å². The lowest BCUT2D eigenvalue weighted by atomic mass is 10.1. The molecule has 8 heteroatoms. The summed E-state index contributed by atoms with van der Waals surface area (Å²) in [7, 11) is -3.16. The number of benzene rings is 1. The first kappa shape index (κ1) is 21.1. The van der Waals surface area contributed by atoms with Gasteiger partial charge in [0, 0.05) is 45.0 Å². The number of rotatable bonds is 9. The molecule has 2 saturated heterocycles. The monoisotopic (exact) mass is 406 g/mol. The smallest absolute Gasteiger partial charge is 0.214 e. The first-order chi connectivity index (χ1) is 13.5. The summed E-state index contributed by atoms with van der Waals surface area (Å²) in [4.78, 5) is 2.38. The number of sulfonamides is 1. The van der Waals surface area contributed by atoms with Crippen LogP contribution in [-0.4, -0.2) is 74.9 Å². The Hall–Kier alpha value is -1.66. The Morgan fingerprint density at radius 2 is 1.82 bits per heavy atom. The third-order valence-electron chi connectivity index (χ3n) is 5.27. The number of fused-ring (bicyclic) bond motifs is 2. The van der Waals surface area contributed by atoms with Crippen LogP contribution in [0.1, 0.15) is 31.7 Å². The Kier molecular flexibility index (Phi) is 7.30. The highest BCUT2D eigenvalue weighted by atomic mass is 32.2. The molecule has 3 rings (SSSR count). The summed E-state index contributed by atoms with van der Waals surface area (Å²) in [5.41, 5.74) is 1.68. The molecular weight excluding hydrogens is 376 g/mol. The maximum Gasteiger partial charge on any atom is 0.214 e. The molecule has 2 atom stereocenters. The third-order valence-corrected chi connectivity index (χ3v) is 7.16. The summed E-state index contributed by atoms with van der Waals surface area (Å²) >= 11 is 0. The Morgan fingerprint density at radius 3 is 2.43 bits per heavy atom. The molecule has 28 heavy (non-hydrogen) atoms. The summed E-state index contributed by atoms with van der Waals surface area (Å²) in [6.45, 7) is 6.35. The number of unbranched alkanes of at least 4 members (excludes halogenated alkanes) is 1. The van der Waals surface area contributed by atoms with Crippen LogP contribution in [0.2, 0.25) is 0 Å². The minimum absolute atomic E-state index is 0.0320. The molecule has 1 N–H and O–H groups in total. The molecule has 0 saturated carbocycles. The molecule has 0 amide bonds. The van der Waals surface area contributed by atoms with Crippen LogP contribution in [0.3, 0.4) is 0 Å². The van der Waals surface area contributed by atoms with Gasteiger partial charge in [0.15, 0.2) is 0 Å². The summed E-state index contributed by atoms with van der Waals surface area (Å²) in [5.74, 6) is 0.244. The maximum atomic E-state index is 12.5. The molecule has 2 aliphatic heterocycles. The highest BCUT2D eigenvalue weighted by Crippen LogP contribution is 2.22. The van der Waals surface area contributed by atoms with Crippen LogP contribution in [0, 0.1) is 11.3 Å². The fourth-order valence-corrected chi connectivity index (χ4v) is 5.50. The van der Waals surface area contributed by atoms with Gasteiger partial charge in [0.1, 0.15) is 0 Å². The van der Waals surface area contributed by atoms with Crippen molar-refractivity contribution in [3.05, 3.63) is 29.8 Å². The number of hydrogen-bond acceptors (Lipinski definition) is 6. The van der Waals surface area contributed by atoms with Crippen molar-refractivity contribution < 1.29 is 13.2 Å². The number of ether oxygens (including phenoxy) is 1. The van der Waals surface area contributed by atoms with Gasteiger partial charge in [0.2, 0.25) is 10.0 Å². The van der Waals surface area contributed by atoms with E-state index in [1.165, 1.54) is 0 Å². The third kappa shape index (κ3) is 5.67. The van der Waals surface area contributed by atoms with Crippen molar-refractivity contribution in [2.45, 2.75) is 38.4 Å². The SMILES string of the molecule is CCCCS(=O)(=O)N1CC2CN(CCCNc3ccc(C#N)cc3)CC(C1)O2. The number of nitrogens with zero attached hydrogens (tertiary/aromatic N) is 3. The van der Waals surface area contributed by atoms with Crippen molar-refractivity contribution >= 4 is 15.7 Å². The van der Waals surface area contributed by atoms with Crippen LogP contribution in [0.4, 0.5) is 5.69 Å². The van der Waals surface area contributed by atoms with Gasteiger partial charge in [-0.3, -0.25) is 4.90 Å². The van der Waals surface area contributed by atoms with Crippen LogP contribution in [-0.2, 0) is 14.8 Å². The minimum Gasteiger partial charge on any atom is -0.385 e. The molecule has 0 radical (unpaired) electrons. The second-order valence-electron chi connectivity index (χ2n) is 7.60. The first-order valence-corrected chi connectivity index (χ1v) is 11.7. The Balaban J connectivity index is 1.41. The molecule has 0 spiro atoms. The van der Waals surface area contributed by atoms with Gasteiger partial charge in [-0.1, -0.05) is 13.3 Å². The van der Waals surface area contributed by atoms with E-state index in [0.29, 0.717) is 25.1 Å². The van der Waals surface area contributed by atoms with Crippen molar-refractivity contribution in [2.24, 2.45) is 0 Å². The predicted octanol–water partition coefficient (Wildman–Crippen LogP) is 1.88. The summed E-state index contributed by atoms with van der Waals surface area (Å²) in [6.07, 6.45) is 2.54. The van der Waals surface area contributed by atoms with Crippen LogP contribution in [0.15, 0.2) is 24.3 Å². The second-order valence-corrected chi connectivity index (χ2v) is 9.68. The molecule has 1 aromatic rings. The topological polar surface area (TPSA) is 85.7 Å². The highest BCUT2D eigenvalue weighted by Gasteiger charge is 2.38. The first-order valence-electron chi connectivity index (χ1n) is 10.1. The van der Waals surface area contributed by atoms with Gasteiger partial charge in [-0.2, -0.15) is 9.57 Å². The van der Waals surface area contributed by atoms with E-state index in [-0.39, 0.29) is 18.0 Å². The molecule has 2 bridgehead atoms. The van der Waals surface area contributed by atoms with Gasteiger partial charge >= 0.3 is 0 Å². The Bertz CT molecular complexity index is 762. The Labute approximate surface area is 168 Å². The fraction of sp³-hybridized carbons (Fsp3) is 0.650. The van der Waals surface area contributed by atoms with E-state index < -0.39 is 10.0 Å². The standard InChI is InChI=1S/C20H30N4O3S/c1-2-3-11-28(25,26)24-15-19-13-23(14-20(16-24)27-19)10-4-9-22-18-7-5-17(12-21)6-8-18/h5-8,19-20,22H,2-4,9-11,13-16H2,1H3. The van der Waals surface area contributed by atoms with Crippen molar-refractivity contribution in [1.82, 2.24) is 9.21 Å². The van der Waals surface area contributed by atoms with Gasteiger partial charge in [-0.05, 0) is 37.1 Å². The van der Waals surface area contributed by atoms with Crippen molar-refractivity contribution in [1.29, 1.82) is 5.26 Å². The summed E-state index contributed by atoms with van der Waals surface area (Å²) in [6, 6.07) is 9.58. The Morgan fingerprint density at radius 1 is 1.14 bits per heavy atom. The highest BCUT2D eigenvalue weighted by molar-refractivity contribution is 7.89. The molecule has 1 aromatic carbocycles. The van der Waals surface area contributed by atoms with E-state index in [9.17, 15) is 8.42 Å². The molecule has 2 fully saturated rings. The van der Waals surface area contributed by atoms with Crippen LogP contribution in [0.25, 0.3) is 0 Å². The number of anilines is 1. The van der Waals surface area contributed by atoms with Gasteiger partial charge in [-0.25, -0.2) is 8.42 Å². The number of hydrogen-bond donors (Lipinski definition) is 1. The minimum atomic E-state index is -3.16. The van der Waals surface area contributed by atoms with E-state index in [1.54, 1.807) is 4.31 Å². The van der Waals surface area contributed by atoms with E-state index in [2.05, 4.69) is 16.3 Å². The number of nitriles is 1. The summed E-state index contributed by atoms with van der Waals surface area (Å²) < 4.78 is 32.6. The second kappa shape index (κ2) is 9.70. The average Bonchev–Trinajstić information content (AvgIpc) is 2.69. The predicted molar refractivity (Wildman–Crippen MR) is 110 cm³/mol. The zero-order valence-corrected chi connectivity index (χ0v) is 17.3. The van der Waals surface area contributed by atoms with Gasteiger partial charge < -0.3 is 10.1 Å². The van der Waals surface area contributed by atoms with Crippen LogP contribution < -0.4 is 5.32 Å². The average molecular weight is 407 g/mol. The molecule has 2 aliphatic rings. The largest absolute Gasteiger partial charge is 0.385 e. The van der Waals surface area contributed by atoms with E-state index in [0.717, 1.165) is 44.7 Å². The molecule has 154 valence electrons. The van der Waals surface area contributed by atoms with Crippen LogP contribution in [0.5, 0.6) is 0 Å². The van der Waals surface area contributed by atoms with Gasteiger partial charge in [0.05, 0.1) is 29.6 Å². The molecule has 2 heterocycles. The van der Waals surface area contributed by atoms with Gasteiger partial charge in [-0.15, -0.1) is 0 Å².